The molecular formula is C26H33N3O. The lowest BCUT2D eigenvalue weighted by Crippen LogP contribution is -2.22. The first-order valence-corrected chi connectivity index (χ1v) is 12.0. The van der Waals surface area contributed by atoms with Gasteiger partial charge in [-0.2, -0.15) is 0 Å². The van der Waals surface area contributed by atoms with Crippen LogP contribution in [0.2, 0.25) is 0 Å². The smallest absolute Gasteiger partial charge is 0.225 e. The summed E-state index contributed by atoms with van der Waals surface area (Å²) >= 11 is 0. The van der Waals surface area contributed by atoms with Gasteiger partial charge >= 0.3 is 0 Å². The molecular weight excluding hydrogens is 370 g/mol. The molecule has 158 valence electrons. The number of fused-ring (bicyclic) bond motifs is 3. The molecule has 0 atom stereocenters. The van der Waals surface area contributed by atoms with E-state index in [1.807, 2.05) is 0 Å². The van der Waals surface area contributed by atoms with Crippen molar-refractivity contribution in [2.45, 2.75) is 83.5 Å². The van der Waals surface area contributed by atoms with Crippen molar-refractivity contribution in [1.29, 1.82) is 0 Å². The number of amides is 1. The van der Waals surface area contributed by atoms with E-state index in [9.17, 15) is 4.79 Å². The number of carbonyl (C=O) groups excluding carboxylic acids is 1. The van der Waals surface area contributed by atoms with E-state index in [1.54, 1.807) is 0 Å². The maximum Gasteiger partial charge on any atom is 0.225 e. The van der Waals surface area contributed by atoms with Gasteiger partial charge in [-0.05, 0) is 49.5 Å². The average molecular weight is 404 g/mol. The lowest BCUT2D eigenvalue weighted by Gasteiger charge is -2.23. The van der Waals surface area contributed by atoms with Crippen LogP contribution in [-0.4, -0.2) is 15.9 Å². The van der Waals surface area contributed by atoms with Crippen LogP contribution in [-0.2, 0) is 24.1 Å². The fourth-order valence-corrected chi connectivity index (χ4v) is 5.68. The van der Waals surface area contributed by atoms with Gasteiger partial charge in [0.25, 0.3) is 0 Å². The van der Waals surface area contributed by atoms with Gasteiger partial charge in [0.2, 0.25) is 5.91 Å². The lowest BCUT2D eigenvalue weighted by atomic mass is 9.87. The van der Waals surface area contributed by atoms with Crippen molar-refractivity contribution in [2.75, 3.05) is 5.32 Å². The third-order valence-corrected chi connectivity index (χ3v) is 7.36. The summed E-state index contributed by atoms with van der Waals surface area (Å²) in [5.74, 6) is 2.07. The number of carbonyl (C=O) groups is 1. The van der Waals surface area contributed by atoms with Crippen LogP contribution in [0.4, 0.5) is 5.82 Å². The van der Waals surface area contributed by atoms with E-state index in [0.29, 0.717) is 18.3 Å². The topological polar surface area (TPSA) is 54.9 Å². The molecule has 1 heterocycles. The summed E-state index contributed by atoms with van der Waals surface area (Å²) in [5, 5.41) is 3.19. The molecule has 0 radical (unpaired) electrons. The highest BCUT2D eigenvalue weighted by Gasteiger charge is 2.25. The van der Waals surface area contributed by atoms with Gasteiger partial charge in [0.05, 0.1) is 17.1 Å². The summed E-state index contributed by atoms with van der Waals surface area (Å²) < 4.78 is 0. The van der Waals surface area contributed by atoms with Crippen LogP contribution in [0, 0.1) is 11.8 Å². The maximum absolute atomic E-state index is 12.9. The van der Waals surface area contributed by atoms with Crippen LogP contribution in [0.15, 0.2) is 24.3 Å². The predicted octanol–water partition coefficient (Wildman–Crippen LogP) is 5.88. The highest BCUT2D eigenvalue weighted by molar-refractivity contribution is 5.90. The number of hydrogen-bond donors (Lipinski definition) is 1. The largest absolute Gasteiger partial charge is 0.309 e. The molecule has 0 saturated heterocycles. The summed E-state index contributed by atoms with van der Waals surface area (Å²) in [5.41, 5.74) is 5.65. The third kappa shape index (κ3) is 4.28. The Hall–Kier alpha value is -2.23. The Bertz CT molecular complexity index is 910. The third-order valence-electron chi connectivity index (χ3n) is 7.36. The molecule has 4 heteroatoms. The van der Waals surface area contributed by atoms with Gasteiger partial charge in [-0.15, -0.1) is 0 Å². The molecule has 4 nitrogen and oxygen atoms in total. The first kappa shape index (κ1) is 19.7. The van der Waals surface area contributed by atoms with Crippen LogP contribution in [0.25, 0.3) is 11.3 Å². The molecule has 1 aromatic heterocycles. The highest BCUT2D eigenvalue weighted by Crippen LogP contribution is 2.35. The second-order valence-corrected chi connectivity index (χ2v) is 9.58. The van der Waals surface area contributed by atoms with Crippen molar-refractivity contribution in [3.05, 3.63) is 41.2 Å². The zero-order valence-electron chi connectivity index (χ0n) is 18.0. The van der Waals surface area contributed by atoms with E-state index >= 15 is 0 Å². The highest BCUT2D eigenvalue weighted by atomic mass is 16.1. The number of nitrogens with one attached hydrogen (secondary N) is 1. The molecule has 0 spiro atoms. The van der Waals surface area contributed by atoms with Crippen LogP contribution in [0.1, 0.15) is 81.2 Å². The minimum Gasteiger partial charge on any atom is -0.309 e. The number of nitrogens with zero attached hydrogens (tertiary/aromatic N) is 2. The number of benzene rings is 1. The van der Waals surface area contributed by atoms with Gasteiger partial charge in [0.1, 0.15) is 0 Å². The second-order valence-electron chi connectivity index (χ2n) is 9.58. The Balaban J connectivity index is 1.42. The Morgan fingerprint density at radius 1 is 0.900 bits per heavy atom. The number of aryl methyl sites for hydroxylation is 2. The lowest BCUT2D eigenvalue weighted by molar-refractivity contribution is -0.117. The zero-order valence-corrected chi connectivity index (χ0v) is 18.0. The molecule has 2 fully saturated rings. The van der Waals surface area contributed by atoms with Crippen molar-refractivity contribution in [1.82, 2.24) is 9.97 Å². The Morgan fingerprint density at radius 3 is 2.47 bits per heavy atom. The number of hydrogen-bond acceptors (Lipinski definition) is 3. The molecule has 0 bridgehead atoms. The molecule has 3 aliphatic rings. The maximum atomic E-state index is 12.9. The molecule has 1 amide bonds. The molecule has 3 aliphatic carbocycles. The van der Waals surface area contributed by atoms with Gasteiger partial charge in [-0.3, -0.25) is 4.79 Å². The Kier molecular flexibility index (Phi) is 5.83. The fourth-order valence-electron chi connectivity index (χ4n) is 5.68. The van der Waals surface area contributed by atoms with Crippen molar-refractivity contribution in [2.24, 2.45) is 11.8 Å². The first-order valence-electron chi connectivity index (χ1n) is 12.0. The number of anilines is 1. The van der Waals surface area contributed by atoms with Crippen molar-refractivity contribution < 1.29 is 4.79 Å². The van der Waals surface area contributed by atoms with Crippen molar-refractivity contribution in [3.63, 3.8) is 0 Å². The number of aromatic nitrogens is 2. The molecule has 5 rings (SSSR count). The summed E-state index contributed by atoms with van der Waals surface area (Å²) in [6.45, 7) is 0. The van der Waals surface area contributed by atoms with E-state index in [4.69, 9.17) is 9.97 Å². The van der Waals surface area contributed by atoms with E-state index in [-0.39, 0.29) is 5.91 Å². The van der Waals surface area contributed by atoms with Crippen LogP contribution in [0.3, 0.4) is 0 Å². The van der Waals surface area contributed by atoms with Crippen molar-refractivity contribution in [3.8, 4) is 11.3 Å². The second kappa shape index (κ2) is 8.87. The van der Waals surface area contributed by atoms with Gasteiger partial charge in [-0.25, -0.2) is 9.97 Å². The minimum absolute atomic E-state index is 0.125. The molecule has 0 aliphatic heterocycles. The summed E-state index contributed by atoms with van der Waals surface area (Å²) in [6.07, 6.45) is 14.9. The molecule has 2 aromatic rings. The predicted molar refractivity (Wildman–Crippen MR) is 120 cm³/mol. The van der Waals surface area contributed by atoms with E-state index in [2.05, 4.69) is 29.6 Å². The quantitative estimate of drug-likeness (QED) is 0.678. The molecule has 0 unspecified atom stereocenters. The normalized spacial score (nSPS) is 19.3. The van der Waals surface area contributed by atoms with E-state index in [1.165, 1.54) is 68.9 Å². The fraction of sp³-hybridized carbons (Fsp3) is 0.577. The molecule has 30 heavy (non-hydrogen) atoms. The van der Waals surface area contributed by atoms with Crippen LogP contribution >= 0.6 is 0 Å². The van der Waals surface area contributed by atoms with Gasteiger partial charge in [0, 0.05) is 12.0 Å². The number of rotatable bonds is 5. The van der Waals surface area contributed by atoms with Crippen LogP contribution in [0.5, 0.6) is 0 Å². The molecule has 1 aromatic carbocycles. The summed E-state index contributed by atoms with van der Waals surface area (Å²) in [4.78, 5) is 23.0. The first-order chi connectivity index (χ1) is 14.8. The van der Waals surface area contributed by atoms with Crippen LogP contribution < -0.4 is 5.32 Å². The summed E-state index contributed by atoms with van der Waals surface area (Å²) in [7, 11) is 0. The van der Waals surface area contributed by atoms with Crippen molar-refractivity contribution >= 4 is 11.7 Å². The Labute approximate surface area is 179 Å². The zero-order chi connectivity index (χ0) is 20.3. The van der Waals surface area contributed by atoms with Gasteiger partial charge in [0.15, 0.2) is 5.82 Å². The average Bonchev–Trinajstić information content (AvgIpc) is 3.28. The monoisotopic (exact) mass is 403 g/mol. The SMILES string of the molecule is O=C(CC1CCCCC1)Nc1nc2c(nc1CC1CCCC1)-c1ccccc1CC2. The summed E-state index contributed by atoms with van der Waals surface area (Å²) in [6, 6.07) is 8.57. The van der Waals surface area contributed by atoms with Gasteiger partial charge in [-0.1, -0.05) is 69.2 Å². The minimum atomic E-state index is 0.125. The molecule has 2 saturated carbocycles. The standard InChI is InChI=1S/C26H33N3O/c30-24(17-19-8-2-1-3-9-19)29-26-23(16-18-10-4-5-11-18)27-25-21-13-7-6-12-20(21)14-15-22(25)28-26/h6-7,12-13,18-19H,1-5,8-11,14-17H2,(H,28,29,30). The van der Waals surface area contributed by atoms with E-state index in [0.717, 1.165) is 42.2 Å². The molecule has 1 N–H and O–H groups in total. The van der Waals surface area contributed by atoms with E-state index < -0.39 is 0 Å². The Morgan fingerprint density at radius 2 is 1.63 bits per heavy atom. The van der Waals surface area contributed by atoms with Gasteiger partial charge < -0.3 is 5.32 Å².